The zero-order valence-corrected chi connectivity index (χ0v) is 19.5. The Morgan fingerprint density at radius 1 is 0.971 bits per heavy atom. The molecular formula is C27H27F2N5O. The van der Waals surface area contributed by atoms with Crippen molar-refractivity contribution in [1.82, 2.24) is 14.9 Å². The van der Waals surface area contributed by atoms with E-state index >= 15 is 4.39 Å². The molecule has 0 radical (unpaired) electrons. The van der Waals surface area contributed by atoms with E-state index in [9.17, 15) is 9.50 Å². The third kappa shape index (κ3) is 5.08. The first-order chi connectivity index (χ1) is 17.0. The van der Waals surface area contributed by atoms with Crippen LogP contribution in [0.3, 0.4) is 0 Å². The lowest BCUT2D eigenvalue weighted by Crippen LogP contribution is -2.48. The van der Waals surface area contributed by atoms with Gasteiger partial charge in [-0.3, -0.25) is 4.90 Å². The molecule has 0 aliphatic carbocycles. The van der Waals surface area contributed by atoms with Crippen LogP contribution >= 0.6 is 0 Å². The van der Waals surface area contributed by atoms with Crippen molar-refractivity contribution in [3.8, 4) is 11.1 Å². The molecule has 1 saturated heterocycles. The van der Waals surface area contributed by atoms with E-state index in [-0.39, 0.29) is 23.7 Å². The molecule has 6 nitrogen and oxygen atoms in total. The molecule has 1 unspecified atom stereocenters. The summed E-state index contributed by atoms with van der Waals surface area (Å²) >= 11 is 0. The van der Waals surface area contributed by atoms with Crippen molar-refractivity contribution in [1.29, 1.82) is 0 Å². The van der Waals surface area contributed by atoms with Gasteiger partial charge >= 0.3 is 0 Å². The third-order valence-corrected chi connectivity index (χ3v) is 6.20. The van der Waals surface area contributed by atoms with Crippen molar-refractivity contribution >= 4 is 28.2 Å². The maximum absolute atomic E-state index is 15.0. The second kappa shape index (κ2) is 9.93. The number of halogens is 2. The van der Waals surface area contributed by atoms with Gasteiger partial charge in [0.2, 0.25) is 5.95 Å². The molecule has 1 fully saturated rings. The van der Waals surface area contributed by atoms with Crippen LogP contribution in [0, 0.1) is 11.6 Å². The lowest BCUT2D eigenvalue weighted by atomic mass is 10.0. The summed E-state index contributed by atoms with van der Waals surface area (Å²) in [7, 11) is 0. The molecule has 3 aromatic carbocycles. The number of anilines is 3. The number of nitrogens with one attached hydrogen (secondary N) is 1. The number of piperazine rings is 1. The van der Waals surface area contributed by atoms with Crippen molar-refractivity contribution < 1.29 is 13.9 Å². The summed E-state index contributed by atoms with van der Waals surface area (Å²) in [5, 5.41) is 13.3. The normalized spacial score (nSPS) is 15.4. The molecule has 2 heterocycles. The van der Waals surface area contributed by atoms with Crippen LogP contribution in [-0.2, 0) is 0 Å². The largest absolute Gasteiger partial charge is 0.392 e. The number of rotatable bonds is 6. The fourth-order valence-corrected chi connectivity index (χ4v) is 4.53. The number of hydrogen-bond donors (Lipinski definition) is 2. The van der Waals surface area contributed by atoms with Crippen molar-refractivity contribution in [3.05, 3.63) is 78.5 Å². The third-order valence-electron chi connectivity index (χ3n) is 6.20. The lowest BCUT2D eigenvalue weighted by Gasteiger charge is -2.36. The number of hydrogen-bond acceptors (Lipinski definition) is 6. The standard InChI is InChI=1S/C27H27F2N5O/c1-18(35)17-33-11-13-34(14-12-33)24-10-8-21(15-23(24)29)31-27-30-16-20-7-9-22(28)25(26(20)32-27)19-5-3-2-4-6-19/h2-10,15-16,18,35H,11-14,17H2,1H3,(H,30,31,32). The molecule has 2 N–H and O–H groups in total. The Labute approximate surface area is 202 Å². The minimum Gasteiger partial charge on any atom is -0.392 e. The number of aromatic nitrogens is 2. The van der Waals surface area contributed by atoms with Crippen molar-refractivity contribution in [2.75, 3.05) is 42.9 Å². The van der Waals surface area contributed by atoms with Gasteiger partial charge in [0.15, 0.2) is 0 Å². The van der Waals surface area contributed by atoms with Crippen molar-refractivity contribution in [2.45, 2.75) is 13.0 Å². The van der Waals surface area contributed by atoms with Crippen LogP contribution in [0.15, 0.2) is 66.9 Å². The molecule has 1 atom stereocenters. The molecule has 0 amide bonds. The molecule has 8 heteroatoms. The number of nitrogens with zero attached hydrogens (tertiary/aromatic N) is 4. The first kappa shape index (κ1) is 23.1. The summed E-state index contributed by atoms with van der Waals surface area (Å²) in [6, 6.07) is 17.3. The molecule has 1 aliphatic heterocycles. The maximum atomic E-state index is 15.0. The lowest BCUT2D eigenvalue weighted by molar-refractivity contribution is 0.122. The molecule has 5 rings (SSSR count). The summed E-state index contributed by atoms with van der Waals surface area (Å²) in [6.07, 6.45) is 1.26. The second-order valence-corrected chi connectivity index (χ2v) is 8.85. The summed E-state index contributed by atoms with van der Waals surface area (Å²) in [5.74, 6) is -0.438. The highest BCUT2D eigenvalue weighted by Crippen LogP contribution is 2.31. The molecule has 0 bridgehead atoms. The first-order valence-electron chi connectivity index (χ1n) is 11.7. The fraction of sp³-hybridized carbons (Fsp3) is 0.259. The van der Waals surface area contributed by atoms with Crippen LogP contribution in [0.25, 0.3) is 22.0 Å². The van der Waals surface area contributed by atoms with Gasteiger partial charge in [0.1, 0.15) is 11.6 Å². The van der Waals surface area contributed by atoms with Gasteiger partial charge in [0.25, 0.3) is 0 Å². The van der Waals surface area contributed by atoms with Gasteiger partial charge in [-0.05, 0) is 42.8 Å². The molecule has 0 spiro atoms. The molecule has 1 aliphatic rings. The van der Waals surface area contributed by atoms with Crippen LogP contribution < -0.4 is 10.2 Å². The average Bonchev–Trinajstić information content (AvgIpc) is 2.85. The molecule has 180 valence electrons. The van der Waals surface area contributed by atoms with Crippen LogP contribution in [-0.4, -0.2) is 58.8 Å². The average molecular weight is 476 g/mol. The minimum absolute atomic E-state index is 0.263. The van der Waals surface area contributed by atoms with E-state index in [4.69, 9.17) is 0 Å². The summed E-state index contributed by atoms with van der Waals surface area (Å²) in [4.78, 5) is 13.1. The SMILES string of the molecule is CC(O)CN1CCN(c2ccc(Nc3ncc4ccc(F)c(-c5ccccc5)c4n3)cc2F)CC1. The number of benzene rings is 3. The van der Waals surface area contributed by atoms with Gasteiger partial charge in [-0.2, -0.15) is 0 Å². The Hall–Kier alpha value is -3.62. The van der Waals surface area contributed by atoms with Gasteiger partial charge in [-0.1, -0.05) is 30.3 Å². The molecule has 0 saturated carbocycles. The van der Waals surface area contributed by atoms with E-state index in [1.54, 1.807) is 31.3 Å². The molecular weight excluding hydrogens is 448 g/mol. The smallest absolute Gasteiger partial charge is 0.227 e. The fourth-order valence-electron chi connectivity index (χ4n) is 4.53. The number of aliphatic hydroxyl groups excluding tert-OH is 1. The van der Waals surface area contributed by atoms with Gasteiger partial charge in [0, 0.05) is 55.6 Å². The predicted octanol–water partition coefficient (Wildman–Crippen LogP) is 4.82. The van der Waals surface area contributed by atoms with Gasteiger partial charge in [-0.25, -0.2) is 18.7 Å². The predicted molar refractivity (Wildman–Crippen MR) is 135 cm³/mol. The monoisotopic (exact) mass is 475 g/mol. The quantitative estimate of drug-likeness (QED) is 0.417. The van der Waals surface area contributed by atoms with E-state index < -0.39 is 0 Å². The molecule has 35 heavy (non-hydrogen) atoms. The number of aliphatic hydroxyl groups is 1. The van der Waals surface area contributed by atoms with E-state index in [0.717, 1.165) is 18.7 Å². The van der Waals surface area contributed by atoms with Crippen LogP contribution in [0.5, 0.6) is 0 Å². The summed E-state index contributed by atoms with van der Waals surface area (Å²) in [5.41, 5.74) is 2.67. The van der Waals surface area contributed by atoms with E-state index in [2.05, 4.69) is 20.2 Å². The maximum Gasteiger partial charge on any atom is 0.227 e. The van der Waals surface area contributed by atoms with E-state index in [1.807, 2.05) is 35.2 Å². The highest BCUT2D eigenvalue weighted by molar-refractivity contribution is 5.94. The molecule has 1 aromatic heterocycles. The zero-order chi connectivity index (χ0) is 24.4. The second-order valence-electron chi connectivity index (χ2n) is 8.85. The number of β-amino-alcohol motifs (C(OH)–C–C–N with tert-alkyl or cyclic N) is 1. The molecule has 4 aromatic rings. The Morgan fingerprint density at radius 3 is 2.46 bits per heavy atom. The zero-order valence-electron chi connectivity index (χ0n) is 19.5. The van der Waals surface area contributed by atoms with Crippen LogP contribution in [0.2, 0.25) is 0 Å². The topological polar surface area (TPSA) is 64.5 Å². The first-order valence-corrected chi connectivity index (χ1v) is 11.7. The van der Waals surface area contributed by atoms with Gasteiger partial charge in [-0.15, -0.1) is 0 Å². The minimum atomic E-state index is -0.374. The summed E-state index contributed by atoms with van der Waals surface area (Å²) in [6.45, 7) is 5.33. The Bertz CT molecular complexity index is 1320. The van der Waals surface area contributed by atoms with Gasteiger partial charge in [0.05, 0.1) is 17.3 Å². The van der Waals surface area contributed by atoms with Gasteiger partial charge < -0.3 is 15.3 Å². The highest BCUT2D eigenvalue weighted by Gasteiger charge is 2.20. The van der Waals surface area contributed by atoms with E-state index in [1.165, 1.54) is 12.1 Å². The van der Waals surface area contributed by atoms with E-state index in [0.29, 0.717) is 47.5 Å². The Kier molecular flexibility index (Phi) is 6.57. The Balaban J connectivity index is 1.36. The van der Waals surface area contributed by atoms with Crippen LogP contribution in [0.1, 0.15) is 6.92 Å². The summed E-state index contributed by atoms with van der Waals surface area (Å²) < 4.78 is 29.8. The van der Waals surface area contributed by atoms with Crippen LogP contribution in [0.4, 0.5) is 26.1 Å². The van der Waals surface area contributed by atoms with Crippen molar-refractivity contribution in [2.24, 2.45) is 0 Å². The Morgan fingerprint density at radius 2 is 1.74 bits per heavy atom. The highest BCUT2D eigenvalue weighted by atomic mass is 19.1. The van der Waals surface area contributed by atoms with Crippen molar-refractivity contribution in [3.63, 3.8) is 0 Å². The number of fused-ring (bicyclic) bond motifs is 1.